The Morgan fingerprint density at radius 2 is 2.04 bits per heavy atom. The van der Waals surface area contributed by atoms with E-state index < -0.39 is 0 Å². The fraction of sp³-hybridized carbons (Fsp3) is 0.600. The number of ether oxygens (including phenoxy) is 4. The minimum atomic E-state index is 0.469. The van der Waals surface area contributed by atoms with Crippen LogP contribution in [0.3, 0.4) is 0 Å². The quantitative estimate of drug-likeness (QED) is 0.372. The van der Waals surface area contributed by atoms with E-state index in [0.29, 0.717) is 37.0 Å². The molecule has 0 saturated carbocycles. The van der Waals surface area contributed by atoms with Gasteiger partial charge in [-0.3, -0.25) is 0 Å². The highest BCUT2D eigenvalue weighted by atomic mass is 32.2. The molecule has 1 fully saturated rings. The standard InChI is InChI=1S/C15H25N3O4S/c1-19-15-12-13(16)2-3-14(15)22-11-10-20-7-4-17-23-18-5-8-21-9-6-18/h2-3,12,17H,4-11,16H2,1H3. The molecule has 0 spiro atoms. The number of anilines is 1. The smallest absolute Gasteiger partial charge is 0.162 e. The highest BCUT2D eigenvalue weighted by Gasteiger charge is 2.10. The summed E-state index contributed by atoms with van der Waals surface area (Å²) in [5, 5.41) is 0. The van der Waals surface area contributed by atoms with Crippen molar-refractivity contribution in [3.8, 4) is 11.5 Å². The minimum Gasteiger partial charge on any atom is -0.493 e. The lowest BCUT2D eigenvalue weighted by atomic mass is 10.3. The molecule has 0 aliphatic carbocycles. The molecule has 0 bridgehead atoms. The molecular formula is C15H25N3O4S. The summed E-state index contributed by atoms with van der Waals surface area (Å²) in [4.78, 5) is 0. The average Bonchev–Trinajstić information content (AvgIpc) is 2.59. The Balaban J connectivity index is 1.49. The molecule has 8 heteroatoms. The Morgan fingerprint density at radius 3 is 2.83 bits per heavy atom. The predicted octanol–water partition coefficient (Wildman–Crippen LogP) is 1.16. The van der Waals surface area contributed by atoms with Crippen LogP contribution in [0.2, 0.25) is 0 Å². The normalized spacial score (nSPS) is 15.5. The maximum Gasteiger partial charge on any atom is 0.162 e. The zero-order chi connectivity index (χ0) is 16.3. The lowest BCUT2D eigenvalue weighted by molar-refractivity contribution is 0.0767. The van der Waals surface area contributed by atoms with E-state index in [1.807, 2.05) is 0 Å². The summed E-state index contributed by atoms with van der Waals surface area (Å²) in [6.45, 7) is 5.93. The van der Waals surface area contributed by atoms with Crippen molar-refractivity contribution in [1.82, 2.24) is 9.03 Å². The lowest BCUT2D eigenvalue weighted by Gasteiger charge is -2.25. The Hall–Kier alpha value is -1.19. The fourth-order valence-corrected chi connectivity index (χ4v) is 2.69. The van der Waals surface area contributed by atoms with Gasteiger partial charge in [0.15, 0.2) is 11.5 Å². The minimum absolute atomic E-state index is 0.469. The second-order valence-electron chi connectivity index (χ2n) is 4.90. The van der Waals surface area contributed by atoms with Crippen molar-refractivity contribution in [1.29, 1.82) is 0 Å². The molecule has 130 valence electrons. The zero-order valence-corrected chi connectivity index (χ0v) is 14.3. The van der Waals surface area contributed by atoms with Crippen molar-refractivity contribution in [3.63, 3.8) is 0 Å². The van der Waals surface area contributed by atoms with E-state index in [1.54, 1.807) is 37.4 Å². The summed E-state index contributed by atoms with van der Waals surface area (Å²) in [6, 6.07) is 5.32. The summed E-state index contributed by atoms with van der Waals surface area (Å²) in [5.74, 6) is 1.31. The van der Waals surface area contributed by atoms with Gasteiger partial charge in [0.25, 0.3) is 0 Å². The van der Waals surface area contributed by atoms with Crippen LogP contribution < -0.4 is 19.9 Å². The summed E-state index contributed by atoms with van der Waals surface area (Å²) < 4.78 is 27.2. The molecule has 1 aliphatic rings. The third-order valence-electron chi connectivity index (χ3n) is 3.19. The molecule has 0 atom stereocenters. The third kappa shape index (κ3) is 6.84. The molecule has 1 aromatic rings. The Kier molecular flexibility index (Phi) is 8.33. The number of nitrogen functional groups attached to an aromatic ring is 1. The van der Waals surface area contributed by atoms with E-state index in [-0.39, 0.29) is 0 Å². The van der Waals surface area contributed by atoms with Crippen LogP contribution in [0.15, 0.2) is 18.2 Å². The van der Waals surface area contributed by atoms with Crippen LogP contribution in [0.25, 0.3) is 0 Å². The van der Waals surface area contributed by atoms with Crippen LogP contribution in [0, 0.1) is 0 Å². The summed E-state index contributed by atoms with van der Waals surface area (Å²) in [6.07, 6.45) is 0. The molecule has 1 saturated heterocycles. The van der Waals surface area contributed by atoms with E-state index in [1.165, 1.54) is 0 Å². The molecule has 1 aliphatic heterocycles. The monoisotopic (exact) mass is 343 g/mol. The van der Waals surface area contributed by atoms with Crippen LogP contribution in [0.5, 0.6) is 11.5 Å². The molecular weight excluding hydrogens is 318 g/mol. The second kappa shape index (κ2) is 10.6. The van der Waals surface area contributed by atoms with Crippen LogP contribution in [0.4, 0.5) is 5.69 Å². The lowest BCUT2D eigenvalue weighted by Crippen LogP contribution is -2.34. The molecule has 1 aromatic carbocycles. The van der Waals surface area contributed by atoms with Crippen molar-refractivity contribution in [2.45, 2.75) is 0 Å². The van der Waals surface area contributed by atoms with Gasteiger partial charge < -0.3 is 24.7 Å². The van der Waals surface area contributed by atoms with Gasteiger partial charge in [0.2, 0.25) is 0 Å². The fourth-order valence-electron chi connectivity index (χ4n) is 2.00. The molecule has 0 unspecified atom stereocenters. The number of methoxy groups -OCH3 is 1. The third-order valence-corrected chi connectivity index (χ3v) is 4.14. The topological polar surface area (TPSA) is 78.2 Å². The Morgan fingerprint density at radius 1 is 1.22 bits per heavy atom. The van der Waals surface area contributed by atoms with Gasteiger partial charge in [0.05, 0.1) is 33.5 Å². The van der Waals surface area contributed by atoms with Gasteiger partial charge in [-0.05, 0) is 12.1 Å². The first kappa shape index (κ1) is 18.2. The van der Waals surface area contributed by atoms with Gasteiger partial charge in [-0.1, -0.05) is 0 Å². The number of rotatable bonds is 10. The Labute approximate surface area is 141 Å². The molecule has 23 heavy (non-hydrogen) atoms. The summed E-state index contributed by atoms with van der Waals surface area (Å²) in [7, 11) is 1.59. The van der Waals surface area contributed by atoms with Gasteiger partial charge in [-0.2, -0.15) is 0 Å². The molecule has 0 amide bonds. The van der Waals surface area contributed by atoms with Gasteiger partial charge >= 0.3 is 0 Å². The van der Waals surface area contributed by atoms with Crippen molar-refractivity contribution < 1.29 is 18.9 Å². The van der Waals surface area contributed by atoms with Gasteiger partial charge in [0.1, 0.15) is 6.61 Å². The second-order valence-corrected chi connectivity index (χ2v) is 5.89. The molecule has 0 radical (unpaired) electrons. The number of hydrogen-bond acceptors (Lipinski definition) is 8. The van der Waals surface area contributed by atoms with Crippen LogP contribution in [-0.2, 0) is 9.47 Å². The van der Waals surface area contributed by atoms with E-state index in [9.17, 15) is 0 Å². The summed E-state index contributed by atoms with van der Waals surface area (Å²) in [5.41, 5.74) is 6.35. The Bertz CT molecular complexity index is 458. The number of nitrogens with one attached hydrogen (secondary N) is 1. The zero-order valence-electron chi connectivity index (χ0n) is 13.5. The van der Waals surface area contributed by atoms with Crippen LogP contribution in [0.1, 0.15) is 0 Å². The molecule has 7 nitrogen and oxygen atoms in total. The van der Waals surface area contributed by atoms with E-state index in [4.69, 9.17) is 24.7 Å². The number of nitrogens with zero attached hydrogens (tertiary/aromatic N) is 1. The van der Waals surface area contributed by atoms with Gasteiger partial charge in [0, 0.05) is 43.5 Å². The highest BCUT2D eigenvalue weighted by Crippen LogP contribution is 2.28. The first-order valence-electron chi connectivity index (χ1n) is 7.66. The number of benzene rings is 1. The van der Waals surface area contributed by atoms with Gasteiger partial charge in [-0.25, -0.2) is 9.03 Å². The van der Waals surface area contributed by atoms with Crippen molar-refractivity contribution in [2.75, 3.05) is 65.5 Å². The van der Waals surface area contributed by atoms with Crippen molar-refractivity contribution in [3.05, 3.63) is 18.2 Å². The number of nitrogens with two attached hydrogens (primary N) is 1. The molecule has 2 rings (SSSR count). The molecule has 3 N–H and O–H groups in total. The van der Waals surface area contributed by atoms with Crippen LogP contribution in [-0.4, -0.2) is 64.1 Å². The van der Waals surface area contributed by atoms with Crippen molar-refractivity contribution >= 4 is 17.8 Å². The first-order chi connectivity index (χ1) is 11.3. The van der Waals surface area contributed by atoms with Crippen molar-refractivity contribution in [2.24, 2.45) is 0 Å². The first-order valence-corrected chi connectivity index (χ1v) is 8.43. The SMILES string of the molecule is COc1cc(N)ccc1OCCOCCNSN1CCOCC1. The van der Waals surface area contributed by atoms with E-state index in [0.717, 1.165) is 32.8 Å². The maximum atomic E-state index is 5.70. The number of morpholine rings is 1. The van der Waals surface area contributed by atoms with E-state index in [2.05, 4.69) is 9.03 Å². The summed E-state index contributed by atoms with van der Waals surface area (Å²) >= 11 is 1.63. The average molecular weight is 343 g/mol. The van der Waals surface area contributed by atoms with E-state index >= 15 is 0 Å². The predicted molar refractivity (Wildman–Crippen MR) is 91.7 cm³/mol. The van der Waals surface area contributed by atoms with Crippen LogP contribution >= 0.6 is 12.1 Å². The number of hydrogen-bond donors (Lipinski definition) is 2. The molecule has 1 heterocycles. The molecule has 0 aromatic heterocycles. The van der Waals surface area contributed by atoms with Gasteiger partial charge in [-0.15, -0.1) is 0 Å². The largest absolute Gasteiger partial charge is 0.493 e. The maximum absolute atomic E-state index is 5.70. The highest BCUT2D eigenvalue weighted by molar-refractivity contribution is 7.95.